The first kappa shape index (κ1) is 21.7. The number of nitrogens with one attached hydrogen (secondary N) is 1. The number of carbonyl (C=O) groups is 2. The minimum Gasteiger partial charge on any atom is -0.465 e. The summed E-state index contributed by atoms with van der Waals surface area (Å²) in [6, 6.07) is 17.6. The molecule has 0 aliphatic heterocycles. The second-order valence-corrected chi connectivity index (χ2v) is 9.80. The lowest BCUT2D eigenvalue weighted by molar-refractivity contribution is -0.115. The molecule has 1 heterocycles. The molecule has 1 N–H and O–H groups in total. The van der Waals surface area contributed by atoms with Crippen molar-refractivity contribution >= 4 is 38.7 Å². The Labute approximate surface area is 179 Å². The smallest absolute Gasteiger partial charge is 0.350 e. The highest BCUT2D eigenvalue weighted by Crippen LogP contribution is 2.35. The molecule has 0 spiro atoms. The number of thiophene rings is 1. The van der Waals surface area contributed by atoms with E-state index in [1.165, 1.54) is 30.6 Å². The number of ether oxygens (including phenoxy) is 1. The number of aryl methyl sites for hydroxylation is 1. The van der Waals surface area contributed by atoms with Gasteiger partial charge in [0.05, 0.1) is 23.4 Å². The molecule has 2 aromatic carbocycles. The van der Waals surface area contributed by atoms with E-state index in [1.54, 1.807) is 18.2 Å². The summed E-state index contributed by atoms with van der Waals surface area (Å²) in [5.41, 5.74) is 2.16. The molecule has 0 bridgehead atoms. The standard InChI is InChI=1S/C22H21NO5S2/c1-15-8-10-17(11-9-15)30(26,27)13-12-20(24)23-18-14-19(16-6-4-3-5-7-16)29-21(18)22(25)28-2/h3-11,14H,12-13H2,1-2H3,(H,23,24). The average Bonchev–Trinajstić information content (AvgIpc) is 3.16. The fourth-order valence-electron chi connectivity index (χ4n) is 2.78. The molecule has 1 amide bonds. The highest BCUT2D eigenvalue weighted by atomic mass is 32.2. The van der Waals surface area contributed by atoms with Crippen LogP contribution in [-0.4, -0.2) is 33.2 Å². The Morgan fingerprint density at radius 3 is 2.33 bits per heavy atom. The molecule has 3 aromatic rings. The summed E-state index contributed by atoms with van der Waals surface area (Å²) in [5.74, 6) is -1.39. The maximum Gasteiger partial charge on any atom is 0.350 e. The van der Waals surface area contributed by atoms with Crippen molar-refractivity contribution in [1.82, 2.24) is 0 Å². The van der Waals surface area contributed by atoms with Crippen molar-refractivity contribution in [2.75, 3.05) is 18.2 Å². The van der Waals surface area contributed by atoms with E-state index >= 15 is 0 Å². The van der Waals surface area contributed by atoms with Gasteiger partial charge < -0.3 is 10.1 Å². The molecular formula is C22H21NO5S2. The fourth-order valence-corrected chi connectivity index (χ4v) is 5.05. The maximum atomic E-state index is 12.5. The number of benzene rings is 2. The number of amides is 1. The first-order valence-corrected chi connectivity index (χ1v) is 11.6. The van der Waals surface area contributed by atoms with Crippen LogP contribution in [0.4, 0.5) is 5.69 Å². The zero-order chi connectivity index (χ0) is 21.7. The second-order valence-electron chi connectivity index (χ2n) is 6.64. The molecule has 0 saturated carbocycles. The van der Waals surface area contributed by atoms with Crippen LogP contribution in [0, 0.1) is 6.92 Å². The van der Waals surface area contributed by atoms with Gasteiger partial charge in [-0.25, -0.2) is 13.2 Å². The quantitative estimate of drug-likeness (QED) is 0.550. The molecule has 0 unspecified atom stereocenters. The molecule has 0 fully saturated rings. The van der Waals surface area contributed by atoms with Gasteiger partial charge in [0.2, 0.25) is 5.91 Å². The van der Waals surface area contributed by atoms with Crippen LogP contribution < -0.4 is 5.32 Å². The Bertz CT molecular complexity index is 1150. The van der Waals surface area contributed by atoms with E-state index < -0.39 is 21.7 Å². The normalized spacial score (nSPS) is 11.1. The van der Waals surface area contributed by atoms with Gasteiger partial charge in [0.15, 0.2) is 9.84 Å². The number of hydrogen-bond acceptors (Lipinski definition) is 6. The number of sulfone groups is 1. The number of rotatable bonds is 7. The molecular weight excluding hydrogens is 422 g/mol. The van der Waals surface area contributed by atoms with Crippen LogP contribution in [0.2, 0.25) is 0 Å². The van der Waals surface area contributed by atoms with Gasteiger partial charge in [-0.2, -0.15) is 0 Å². The Kier molecular flexibility index (Phi) is 6.69. The first-order chi connectivity index (χ1) is 14.3. The van der Waals surface area contributed by atoms with Gasteiger partial charge in [0.1, 0.15) is 4.88 Å². The maximum absolute atomic E-state index is 12.5. The minimum atomic E-state index is -3.58. The molecule has 30 heavy (non-hydrogen) atoms. The van der Waals surface area contributed by atoms with Crippen molar-refractivity contribution in [3.63, 3.8) is 0 Å². The van der Waals surface area contributed by atoms with Crippen molar-refractivity contribution in [2.45, 2.75) is 18.2 Å². The van der Waals surface area contributed by atoms with Crippen molar-refractivity contribution in [3.05, 3.63) is 71.1 Å². The van der Waals surface area contributed by atoms with E-state index in [0.717, 1.165) is 16.0 Å². The molecule has 8 heteroatoms. The molecule has 3 rings (SSSR count). The Morgan fingerprint density at radius 2 is 1.70 bits per heavy atom. The number of hydrogen-bond donors (Lipinski definition) is 1. The average molecular weight is 444 g/mol. The molecule has 156 valence electrons. The third kappa shape index (κ3) is 5.14. The molecule has 0 aliphatic rings. The van der Waals surface area contributed by atoms with Crippen LogP contribution in [0.3, 0.4) is 0 Å². The van der Waals surface area contributed by atoms with Crippen LogP contribution >= 0.6 is 11.3 Å². The highest BCUT2D eigenvalue weighted by Gasteiger charge is 2.21. The largest absolute Gasteiger partial charge is 0.465 e. The van der Waals surface area contributed by atoms with Crippen LogP contribution in [0.15, 0.2) is 65.6 Å². The summed E-state index contributed by atoms with van der Waals surface area (Å²) in [7, 11) is -2.32. The summed E-state index contributed by atoms with van der Waals surface area (Å²) in [6.45, 7) is 1.87. The zero-order valence-electron chi connectivity index (χ0n) is 16.5. The monoisotopic (exact) mass is 443 g/mol. The number of methoxy groups -OCH3 is 1. The van der Waals surface area contributed by atoms with E-state index in [2.05, 4.69) is 5.32 Å². The molecule has 0 radical (unpaired) electrons. The van der Waals surface area contributed by atoms with Crippen LogP contribution in [0.1, 0.15) is 21.7 Å². The molecule has 0 saturated heterocycles. The summed E-state index contributed by atoms with van der Waals surface area (Å²) in [6.07, 6.45) is -0.229. The van der Waals surface area contributed by atoms with E-state index in [1.807, 2.05) is 37.3 Å². The minimum absolute atomic E-state index is 0.179. The Morgan fingerprint density at radius 1 is 1.03 bits per heavy atom. The molecule has 0 aliphatic carbocycles. The molecule has 1 aromatic heterocycles. The zero-order valence-corrected chi connectivity index (χ0v) is 18.2. The van der Waals surface area contributed by atoms with Crippen LogP contribution in [-0.2, 0) is 19.4 Å². The molecule has 6 nitrogen and oxygen atoms in total. The third-order valence-electron chi connectivity index (χ3n) is 4.41. The van der Waals surface area contributed by atoms with Gasteiger partial charge in [-0.15, -0.1) is 11.3 Å². The topological polar surface area (TPSA) is 89.5 Å². The SMILES string of the molecule is COC(=O)c1sc(-c2ccccc2)cc1NC(=O)CCS(=O)(=O)c1ccc(C)cc1. The van der Waals surface area contributed by atoms with Gasteiger partial charge >= 0.3 is 5.97 Å². The summed E-state index contributed by atoms with van der Waals surface area (Å²) in [5, 5.41) is 2.66. The summed E-state index contributed by atoms with van der Waals surface area (Å²) >= 11 is 1.20. The van der Waals surface area contributed by atoms with Crippen LogP contribution in [0.25, 0.3) is 10.4 Å². The lowest BCUT2D eigenvalue weighted by Gasteiger charge is -2.07. The van der Waals surface area contributed by atoms with Gasteiger partial charge in [0.25, 0.3) is 0 Å². The van der Waals surface area contributed by atoms with Crippen LogP contribution in [0.5, 0.6) is 0 Å². The van der Waals surface area contributed by atoms with E-state index in [-0.39, 0.29) is 21.9 Å². The lowest BCUT2D eigenvalue weighted by atomic mass is 10.2. The Balaban J connectivity index is 1.75. The Hall–Kier alpha value is -2.97. The summed E-state index contributed by atoms with van der Waals surface area (Å²) in [4.78, 5) is 25.8. The van der Waals surface area contributed by atoms with Crippen molar-refractivity contribution in [1.29, 1.82) is 0 Å². The van der Waals surface area contributed by atoms with E-state index in [0.29, 0.717) is 5.69 Å². The predicted octanol–water partition coefficient (Wildman–Crippen LogP) is 4.31. The first-order valence-electron chi connectivity index (χ1n) is 9.17. The fraction of sp³-hybridized carbons (Fsp3) is 0.182. The second kappa shape index (κ2) is 9.23. The molecule has 0 atom stereocenters. The van der Waals surface area contributed by atoms with Gasteiger partial charge in [0, 0.05) is 11.3 Å². The number of anilines is 1. The number of esters is 1. The van der Waals surface area contributed by atoms with Crippen molar-refractivity contribution < 1.29 is 22.7 Å². The number of carbonyl (C=O) groups excluding carboxylic acids is 2. The van der Waals surface area contributed by atoms with E-state index in [4.69, 9.17) is 4.74 Å². The van der Waals surface area contributed by atoms with Crippen molar-refractivity contribution in [3.8, 4) is 10.4 Å². The van der Waals surface area contributed by atoms with Gasteiger partial charge in [-0.1, -0.05) is 48.0 Å². The van der Waals surface area contributed by atoms with Gasteiger partial charge in [-0.05, 0) is 30.7 Å². The highest BCUT2D eigenvalue weighted by molar-refractivity contribution is 7.91. The summed E-state index contributed by atoms with van der Waals surface area (Å²) < 4.78 is 29.7. The van der Waals surface area contributed by atoms with Crippen molar-refractivity contribution in [2.24, 2.45) is 0 Å². The van der Waals surface area contributed by atoms with Gasteiger partial charge in [-0.3, -0.25) is 4.79 Å². The van der Waals surface area contributed by atoms with E-state index in [9.17, 15) is 18.0 Å². The predicted molar refractivity (Wildman–Crippen MR) is 118 cm³/mol. The third-order valence-corrected chi connectivity index (χ3v) is 7.31. The lowest BCUT2D eigenvalue weighted by Crippen LogP contribution is -2.18.